The Kier molecular flexibility index (Phi) is 4.61. The average Bonchev–Trinajstić information content (AvgIpc) is 2.36. The van der Waals surface area contributed by atoms with Crippen LogP contribution < -0.4 is 4.72 Å². The fraction of sp³-hybridized carbons (Fsp3) is 0.143. The van der Waals surface area contributed by atoms with Crippen molar-refractivity contribution in [3.8, 4) is 0 Å². The minimum absolute atomic E-state index is 0.248. The molecule has 6 heteroatoms. The molecule has 2 rings (SSSR count). The number of rotatable bonds is 3. The van der Waals surface area contributed by atoms with Gasteiger partial charge in [-0.1, -0.05) is 11.6 Å². The number of hydrogen-bond donors (Lipinski definition) is 1. The second-order valence-electron chi connectivity index (χ2n) is 4.48. The molecule has 0 aliphatic carbocycles. The highest BCUT2D eigenvalue weighted by atomic mass is 127. The molecule has 1 N–H and O–H groups in total. The first-order valence-electron chi connectivity index (χ1n) is 5.85. The third-order valence-electron chi connectivity index (χ3n) is 2.84. The minimum atomic E-state index is -3.61. The number of halogens is 2. The van der Waals surface area contributed by atoms with E-state index in [4.69, 9.17) is 11.6 Å². The number of hydrogen-bond acceptors (Lipinski definition) is 2. The lowest BCUT2D eigenvalue weighted by Crippen LogP contribution is -2.14. The van der Waals surface area contributed by atoms with Gasteiger partial charge in [-0.3, -0.25) is 4.72 Å². The first-order chi connectivity index (χ1) is 9.29. The molecule has 0 bridgehead atoms. The summed E-state index contributed by atoms with van der Waals surface area (Å²) in [6.07, 6.45) is 0. The zero-order valence-corrected chi connectivity index (χ0v) is 14.7. The molecule has 0 aromatic heterocycles. The second-order valence-corrected chi connectivity index (χ2v) is 7.78. The zero-order valence-electron chi connectivity index (χ0n) is 10.9. The van der Waals surface area contributed by atoms with Crippen LogP contribution in [0.2, 0.25) is 5.02 Å². The lowest BCUT2D eigenvalue weighted by Gasteiger charge is -2.12. The second kappa shape index (κ2) is 5.91. The molecular formula is C14H13ClINO2S. The number of sulfonamides is 1. The minimum Gasteiger partial charge on any atom is -0.280 e. The van der Waals surface area contributed by atoms with Crippen LogP contribution in [0.15, 0.2) is 41.3 Å². The van der Waals surface area contributed by atoms with Crippen LogP contribution in [0.1, 0.15) is 11.1 Å². The molecule has 0 aliphatic rings. The van der Waals surface area contributed by atoms with Crippen molar-refractivity contribution in [3.05, 3.63) is 56.1 Å². The van der Waals surface area contributed by atoms with Gasteiger partial charge < -0.3 is 0 Å². The summed E-state index contributed by atoms with van der Waals surface area (Å²) >= 11 is 8.16. The topological polar surface area (TPSA) is 46.2 Å². The van der Waals surface area contributed by atoms with Crippen LogP contribution in [-0.2, 0) is 10.0 Å². The van der Waals surface area contributed by atoms with E-state index in [0.29, 0.717) is 16.3 Å². The van der Waals surface area contributed by atoms with Crippen molar-refractivity contribution in [2.45, 2.75) is 18.7 Å². The third kappa shape index (κ3) is 3.45. The molecule has 0 saturated carbocycles. The predicted octanol–water partition coefficient (Wildman–Crippen LogP) is 4.36. The lowest BCUT2D eigenvalue weighted by atomic mass is 10.2. The van der Waals surface area contributed by atoms with Crippen molar-refractivity contribution in [1.29, 1.82) is 0 Å². The Morgan fingerprint density at radius 2 is 1.65 bits per heavy atom. The fourth-order valence-electron chi connectivity index (χ4n) is 1.77. The normalized spacial score (nSPS) is 11.4. The van der Waals surface area contributed by atoms with Crippen LogP contribution in [-0.4, -0.2) is 8.42 Å². The Morgan fingerprint density at radius 1 is 1.05 bits per heavy atom. The van der Waals surface area contributed by atoms with Gasteiger partial charge in [0.2, 0.25) is 0 Å². The van der Waals surface area contributed by atoms with Crippen molar-refractivity contribution in [2.75, 3.05) is 4.72 Å². The van der Waals surface area contributed by atoms with E-state index in [1.807, 2.05) is 12.1 Å². The molecule has 0 spiro atoms. The lowest BCUT2D eigenvalue weighted by molar-refractivity contribution is 0.600. The third-order valence-corrected chi connectivity index (χ3v) is 5.49. The summed E-state index contributed by atoms with van der Waals surface area (Å²) in [7, 11) is -3.61. The molecule has 0 atom stereocenters. The summed E-state index contributed by atoms with van der Waals surface area (Å²) in [6.45, 7) is 3.51. The molecule has 0 saturated heterocycles. The van der Waals surface area contributed by atoms with Gasteiger partial charge in [0.15, 0.2) is 0 Å². The SMILES string of the molecule is Cc1cc(S(=O)(=O)Nc2ccc(I)cc2)c(C)cc1Cl. The summed E-state index contributed by atoms with van der Waals surface area (Å²) in [5.41, 5.74) is 1.90. The van der Waals surface area contributed by atoms with E-state index in [0.717, 1.165) is 9.13 Å². The number of aryl methyl sites for hydroxylation is 2. The summed E-state index contributed by atoms with van der Waals surface area (Å²) in [5, 5.41) is 0.565. The standard InChI is InChI=1S/C14H13ClINO2S/c1-9-8-14(10(2)7-13(9)15)20(18,19)17-12-5-3-11(16)4-6-12/h3-8,17H,1-2H3. The molecule has 0 unspecified atom stereocenters. The first kappa shape index (κ1) is 15.6. The highest BCUT2D eigenvalue weighted by Gasteiger charge is 2.18. The van der Waals surface area contributed by atoms with Crippen molar-refractivity contribution in [3.63, 3.8) is 0 Å². The molecule has 0 heterocycles. The van der Waals surface area contributed by atoms with Crippen LogP contribution in [0.4, 0.5) is 5.69 Å². The Hall–Kier alpha value is -0.790. The summed E-state index contributed by atoms with van der Waals surface area (Å²) in [5.74, 6) is 0. The van der Waals surface area contributed by atoms with Gasteiger partial charge in [0, 0.05) is 14.3 Å². The highest BCUT2D eigenvalue weighted by Crippen LogP contribution is 2.25. The molecular weight excluding hydrogens is 409 g/mol. The summed E-state index contributed by atoms with van der Waals surface area (Å²) < 4.78 is 28.5. The van der Waals surface area contributed by atoms with Gasteiger partial charge in [-0.05, 0) is 84.0 Å². The highest BCUT2D eigenvalue weighted by molar-refractivity contribution is 14.1. The van der Waals surface area contributed by atoms with Crippen LogP contribution in [0.5, 0.6) is 0 Å². The molecule has 3 nitrogen and oxygen atoms in total. The predicted molar refractivity (Wildman–Crippen MR) is 90.9 cm³/mol. The van der Waals surface area contributed by atoms with Gasteiger partial charge in [-0.2, -0.15) is 0 Å². The zero-order chi connectivity index (χ0) is 14.9. The summed E-state index contributed by atoms with van der Waals surface area (Å²) in [4.78, 5) is 0.248. The van der Waals surface area contributed by atoms with Crippen LogP contribution >= 0.6 is 34.2 Å². The first-order valence-corrected chi connectivity index (χ1v) is 8.79. The number of nitrogens with one attached hydrogen (secondary N) is 1. The maximum Gasteiger partial charge on any atom is 0.262 e. The van der Waals surface area contributed by atoms with Gasteiger partial charge in [-0.15, -0.1) is 0 Å². The van der Waals surface area contributed by atoms with Gasteiger partial charge in [0.25, 0.3) is 10.0 Å². The average molecular weight is 422 g/mol. The molecule has 0 aliphatic heterocycles. The van der Waals surface area contributed by atoms with E-state index >= 15 is 0 Å². The quantitative estimate of drug-likeness (QED) is 0.749. The number of anilines is 1. The molecule has 0 amide bonds. The van der Waals surface area contributed by atoms with Gasteiger partial charge in [0.1, 0.15) is 0 Å². The molecule has 0 fully saturated rings. The van der Waals surface area contributed by atoms with Gasteiger partial charge in [0.05, 0.1) is 4.90 Å². The van der Waals surface area contributed by atoms with Crippen LogP contribution in [0, 0.1) is 17.4 Å². The maximum absolute atomic E-state index is 12.4. The molecule has 20 heavy (non-hydrogen) atoms. The monoisotopic (exact) mass is 421 g/mol. The van der Waals surface area contributed by atoms with Crippen LogP contribution in [0.3, 0.4) is 0 Å². The molecule has 0 radical (unpaired) electrons. The fourth-order valence-corrected chi connectivity index (χ4v) is 3.72. The Labute approximate surface area is 137 Å². The number of benzene rings is 2. The largest absolute Gasteiger partial charge is 0.280 e. The Bertz CT molecular complexity index is 743. The van der Waals surface area contributed by atoms with E-state index in [1.165, 1.54) is 0 Å². The van der Waals surface area contributed by atoms with Crippen LogP contribution in [0.25, 0.3) is 0 Å². The Balaban J connectivity index is 2.40. The van der Waals surface area contributed by atoms with Gasteiger partial charge >= 0.3 is 0 Å². The van der Waals surface area contributed by atoms with Crippen molar-refractivity contribution in [1.82, 2.24) is 0 Å². The van der Waals surface area contributed by atoms with E-state index in [9.17, 15) is 8.42 Å². The molecule has 106 valence electrons. The van der Waals surface area contributed by atoms with E-state index in [2.05, 4.69) is 27.3 Å². The summed E-state index contributed by atoms with van der Waals surface area (Å²) in [6, 6.07) is 10.4. The van der Waals surface area contributed by atoms with Crippen molar-refractivity contribution >= 4 is 49.9 Å². The van der Waals surface area contributed by atoms with Crippen molar-refractivity contribution < 1.29 is 8.42 Å². The molecule has 2 aromatic carbocycles. The maximum atomic E-state index is 12.4. The van der Waals surface area contributed by atoms with E-state index < -0.39 is 10.0 Å². The Morgan fingerprint density at radius 3 is 2.25 bits per heavy atom. The molecule has 2 aromatic rings. The smallest absolute Gasteiger partial charge is 0.262 e. The van der Waals surface area contributed by atoms with Crippen molar-refractivity contribution in [2.24, 2.45) is 0 Å². The van der Waals surface area contributed by atoms with E-state index in [-0.39, 0.29) is 4.90 Å². The van der Waals surface area contributed by atoms with E-state index in [1.54, 1.807) is 38.1 Å². The van der Waals surface area contributed by atoms with Gasteiger partial charge in [-0.25, -0.2) is 8.42 Å².